The molecule has 1 N–H and O–H groups in total. The monoisotopic (exact) mass is 400 g/mol. The van der Waals surface area contributed by atoms with E-state index in [9.17, 15) is 13.2 Å². The van der Waals surface area contributed by atoms with Crippen LogP contribution < -0.4 is 0 Å². The molecule has 3 heterocycles. The zero-order chi connectivity index (χ0) is 19.6. The van der Waals surface area contributed by atoms with Gasteiger partial charge >= 0.3 is 0 Å². The minimum absolute atomic E-state index is 0.0341. The van der Waals surface area contributed by atoms with E-state index in [0.717, 1.165) is 5.56 Å². The molecule has 1 amide bonds. The fourth-order valence-electron chi connectivity index (χ4n) is 3.20. The Labute approximate surface area is 162 Å². The summed E-state index contributed by atoms with van der Waals surface area (Å²) in [4.78, 5) is 14.3. The Morgan fingerprint density at radius 1 is 1.07 bits per heavy atom. The maximum Gasteiger partial charge on any atom is 0.274 e. The number of carbonyl (C=O) groups excluding carboxylic acids is 1. The zero-order valence-electron chi connectivity index (χ0n) is 15.1. The van der Waals surface area contributed by atoms with Crippen molar-refractivity contribution in [3.05, 3.63) is 66.1 Å². The summed E-state index contributed by atoms with van der Waals surface area (Å²) >= 11 is 0. The van der Waals surface area contributed by atoms with Gasteiger partial charge in [0.25, 0.3) is 5.91 Å². The van der Waals surface area contributed by atoms with E-state index in [0.29, 0.717) is 24.5 Å². The Bertz CT molecular complexity index is 1040. The number of aromatic nitrogens is 2. The van der Waals surface area contributed by atoms with Gasteiger partial charge < -0.3 is 9.32 Å². The lowest BCUT2D eigenvalue weighted by Gasteiger charge is -2.33. The summed E-state index contributed by atoms with van der Waals surface area (Å²) in [7, 11) is -3.41. The van der Waals surface area contributed by atoms with Crippen LogP contribution in [0.5, 0.6) is 0 Å². The van der Waals surface area contributed by atoms with Gasteiger partial charge in [-0.2, -0.15) is 9.40 Å². The van der Waals surface area contributed by atoms with Crippen LogP contribution in [0, 0.1) is 0 Å². The summed E-state index contributed by atoms with van der Waals surface area (Å²) in [6.45, 7) is 1.21. The van der Waals surface area contributed by atoms with E-state index in [1.54, 1.807) is 41.5 Å². The molecule has 28 heavy (non-hydrogen) atoms. The minimum atomic E-state index is -3.41. The van der Waals surface area contributed by atoms with Crippen molar-refractivity contribution in [2.75, 3.05) is 26.2 Å². The summed E-state index contributed by atoms with van der Waals surface area (Å²) in [5.74, 6) is 0.339. The Balaban J connectivity index is 1.38. The molecule has 0 bridgehead atoms. The lowest BCUT2D eigenvalue weighted by atomic mass is 10.2. The van der Waals surface area contributed by atoms with E-state index in [1.807, 2.05) is 18.2 Å². The van der Waals surface area contributed by atoms with Gasteiger partial charge in [-0.15, -0.1) is 0 Å². The summed E-state index contributed by atoms with van der Waals surface area (Å²) in [5.41, 5.74) is 1.66. The smallest absolute Gasteiger partial charge is 0.274 e. The predicted molar refractivity (Wildman–Crippen MR) is 103 cm³/mol. The molecule has 3 aromatic rings. The molecule has 1 aromatic carbocycles. The van der Waals surface area contributed by atoms with Crippen LogP contribution in [0.1, 0.15) is 16.1 Å². The SMILES string of the molecule is O=C(c1cc(-c2ccco2)[nH]n1)N1CCN(S(=O)(=O)Cc2ccccc2)CC1. The second-order valence-corrected chi connectivity index (χ2v) is 8.55. The lowest BCUT2D eigenvalue weighted by Crippen LogP contribution is -2.50. The largest absolute Gasteiger partial charge is 0.463 e. The summed E-state index contributed by atoms with van der Waals surface area (Å²) in [5, 5.41) is 6.85. The van der Waals surface area contributed by atoms with Crippen molar-refractivity contribution in [2.24, 2.45) is 0 Å². The second-order valence-electron chi connectivity index (χ2n) is 6.58. The number of aromatic amines is 1. The molecule has 146 valence electrons. The molecular weight excluding hydrogens is 380 g/mol. The van der Waals surface area contributed by atoms with E-state index in [4.69, 9.17) is 4.42 Å². The van der Waals surface area contributed by atoms with Gasteiger partial charge in [-0.3, -0.25) is 9.89 Å². The molecule has 0 aliphatic carbocycles. The third kappa shape index (κ3) is 3.85. The number of H-pyrrole nitrogens is 1. The average molecular weight is 400 g/mol. The first-order valence-corrected chi connectivity index (χ1v) is 10.5. The Hall–Kier alpha value is -2.91. The number of amides is 1. The topological polar surface area (TPSA) is 99.5 Å². The number of furan rings is 1. The third-order valence-electron chi connectivity index (χ3n) is 4.69. The van der Waals surface area contributed by atoms with Crippen LogP contribution in [0.25, 0.3) is 11.5 Å². The Kier molecular flexibility index (Phi) is 5.01. The number of hydrogen-bond donors (Lipinski definition) is 1. The quantitative estimate of drug-likeness (QED) is 0.706. The highest BCUT2D eigenvalue weighted by Gasteiger charge is 2.30. The normalized spacial score (nSPS) is 15.6. The first kappa shape index (κ1) is 18.5. The van der Waals surface area contributed by atoms with Crippen LogP contribution in [0.15, 0.2) is 59.2 Å². The number of carbonyl (C=O) groups is 1. The molecule has 1 saturated heterocycles. The van der Waals surface area contributed by atoms with Crippen LogP contribution in [0.2, 0.25) is 0 Å². The number of nitrogens with one attached hydrogen (secondary N) is 1. The van der Waals surface area contributed by atoms with E-state index in [2.05, 4.69) is 10.2 Å². The molecule has 0 spiro atoms. The maximum absolute atomic E-state index is 12.7. The lowest BCUT2D eigenvalue weighted by molar-refractivity contribution is 0.0692. The van der Waals surface area contributed by atoms with Crippen molar-refractivity contribution >= 4 is 15.9 Å². The Morgan fingerprint density at radius 3 is 2.50 bits per heavy atom. The first-order valence-electron chi connectivity index (χ1n) is 8.93. The van der Waals surface area contributed by atoms with Crippen LogP contribution >= 0.6 is 0 Å². The van der Waals surface area contributed by atoms with Crippen molar-refractivity contribution in [3.63, 3.8) is 0 Å². The number of hydrogen-bond acceptors (Lipinski definition) is 5. The van der Waals surface area contributed by atoms with Crippen LogP contribution in [0.3, 0.4) is 0 Å². The summed E-state index contributed by atoms with van der Waals surface area (Å²) < 4.78 is 32.0. The van der Waals surface area contributed by atoms with Gasteiger partial charge in [0, 0.05) is 32.2 Å². The highest BCUT2D eigenvalue weighted by molar-refractivity contribution is 7.88. The molecule has 0 saturated carbocycles. The van der Waals surface area contributed by atoms with Crippen molar-refractivity contribution in [1.29, 1.82) is 0 Å². The van der Waals surface area contributed by atoms with Gasteiger partial charge in [-0.1, -0.05) is 30.3 Å². The van der Waals surface area contributed by atoms with Gasteiger partial charge in [-0.05, 0) is 17.7 Å². The number of benzene rings is 1. The molecular formula is C19H20N4O4S. The third-order valence-corrected chi connectivity index (χ3v) is 6.54. The van der Waals surface area contributed by atoms with Crippen molar-refractivity contribution in [2.45, 2.75) is 5.75 Å². The van der Waals surface area contributed by atoms with Gasteiger partial charge in [0.05, 0.1) is 12.0 Å². The van der Waals surface area contributed by atoms with Crippen LogP contribution in [-0.4, -0.2) is 59.9 Å². The van der Waals surface area contributed by atoms with Crippen LogP contribution in [0.4, 0.5) is 0 Å². The average Bonchev–Trinajstić information content (AvgIpc) is 3.40. The zero-order valence-corrected chi connectivity index (χ0v) is 15.9. The molecule has 4 rings (SSSR count). The fourth-order valence-corrected chi connectivity index (χ4v) is 4.71. The molecule has 0 atom stereocenters. The number of piperazine rings is 1. The second kappa shape index (κ2) is 7.61. The van der Waals surface area contributed by atoms with E-state index < -0.39 is 10.0 Å². The number of sulfonamides is 1. The molecule has 1 aliphatic heterocycles. The van der Waals surface area contributed by atoms with Gasteiger partial charge in [0.1, 0.15) is 5.69 Å². The highest BCUT2D eigenvalue weighted by atomic mass is 32.2. The van der Waals surface area contributed by atoms with Gasteiger partial charge in [0.2, 0.25) is 10.0 Å². The van der Waals surface area contributed by atoms with Crippen molar-refractivity contribution < 1.29 is 17.6 Å². The number of rotatable bonds is 5. The molecule has 9 heteroatoms. The van der Waals surface area contributed by atoms with Crippen molar-refractivity contribution in [3.8, 4) is 11.5 Å². The minimum Gasteiger partial charge on any atom is -0.463 e. The van der Waals surface area contributed by atoms with Crippen molar-refractivity contribution in [1.82, 2.24) is 19.4 Å². The summed E-state index contributed by atoms with van der Waals surface area (Å²) in [6, 6.07) is 14.3. The molecule has 2 aromatic heterocycles. The van der Waals surface area contributed by atoms with Crippen LogP contribution in [-0.2, 0) is 15.8 Å². The van der Waals surface area contributed by atoms with E-state index >= 15 is 0 Å². The molecule has 1 aliphatic rings. The molecule has 0 unspecified atom stereocenters. The Morgan fingerprint density at radius 2 is 1.82 bits per heavy atom. The fraction of sp³-hybridized carbons (Fsp3) is 0.263. The molecule has 1 fully saturated rings. The standard InChI is InChI=1S/C19H20N4O4S/c24-19(17-13-16(20-21-17)18-7-4-12-27-18)22-8-10-23(11-9-22)28(25,26)14-15-5-2-1-3-6-15/h1-7,12-13H,8-11,14H2,(H,20,21). The summed E-state index contributed by atoms with van der Waals surface area (Å²) in [6.07, 6.45) is 1.55. The maximum atomic E-state index is 12.7. The molecule has 8 nitrogen and oxygen atoms in total. The highest BCUT2D eigenvalue weighted by Crippen LogP contribution is 2.19. The van der Waals surface area contributed by atoms with E-state index in [1.165, 1.54) is 4.31 Å². The van der Waals surface area contributed by atoms with E-state index in [-0.39, 0.29) is 30.4 Å². The number of nitrogens with zero attached hydrogens (tertiary/aromatic N) is 3. The predicted octanol–water partition coefficient (Wildman–Crippen LogP) is 1.96. The first-order chi connectivity index (χ1) is 13.5. The molecule has 0 radical (unpaired) electrons. The van der Waals surface area contributed by atoms with Gasteiger partial charge in [0.15, 0.2) is 11.5 Å². The van der Waals surface area contributed by atoms with Gasteiger partial charge in [-0.25, -0.2) is 8.42 Å².